The fourth-order valence-corrected chi connectivity index (χ4v) is 2.90. The van der Waals surface area contributed by atoms with Crippen molar-refractivity contribution in [3.05, 3.63) is 63.2 Å². The van der Waals surface area contributed by atoms with Gasteiger partial charge in [0.05, 0.1) is 17.0 Å². The average molecular weight is 329 g/mol. The number of hydrogen-bond acceptors (Lipinski definition) is 1. The van der Waals surface area contributed by atoms with Crippen LogP contribution in [0, 0.1) is 20.8 Å². The highest BCUT2D eigenvalue weighted by molar-refractivity contribution is 6.33. The van der Waals surface area contributed by atoms with Crippen molar-refractivity contribution in [2.75, 3.05) is 13.6 Å². The van der Waals surface area contributed by atoms with Crippen LogP contribution in [0.2, 0.25) is 5.02 Å². The van der Waals surface area contributed by atoms with E-state index in [1.54, 1.807) is 0 Å². The van der Waals surface area contributed by atoms with Gasteiger partial charge in [-0.05, 0) is 56.9 Å². The van der Waals surface area contributed by atoms with E-state index < -0.39 is 0 Å². The molecular weight excluding hydrogens is 304 g/mol. The molecule has 0 radical (unpaired) electrons. The number of rotatable bonds is 5. The topological polar surface area (TPSA) is 15.6 Å². The van der Waals surface area contributed by atoms with Gasteiger partial charge in [-0.3, -0.25) is 0 Å². The summed E-state index contributed by atoms with van der Waals surface area (Å²) in [6, 6.07) is 10.8. The Balaban J connectivity index is 2.35. The summed E-state index contributed by atoms with van der Waals surface area (Å²) in [5.41, 5.74) is 7.00. The molecule has 2 rings (SSSR count). The van der Waals surface area contributed by atoms with Crippen LogP contribution in [0.4, 0.5) is 5.69 Å². The summed E-state index contributed by atoms with van der Waals surface area (Å²) < 4.78 is 0. The molecular formula is C20H25ClN2. The van der Waals surface area contributed by atoms with Gasteiger partial charge in [0.2, 0.25) is 0 Å². The molecule has 0 amide bonds. The Bertz CT molecular complexity index is 700. The SMILES string of the molecule is CCN(C)C=Nc1cc(C)cc(Cc2cc(C)cc(C)c2)c1Cl. The van der Waals surface area contributed by atoms with Gasteiger partial charge in [0, 0.05) is 13.6 Å². The maximum Gasteiger partial charge on any atom is 0.0910 e. The molecule has 0 fully saturated rings. The molecule has 2 aromatic rings. The van der Waals surface area contributed by atoms with E-state index >= 15 is 0 Å². The fourth-order valence-electron chi connectivity index (χ4n) is 2.68. The predicted octanol–water partition coefficient (Wildman–Crippen LogP) is 5.47. The Morgan fingerprint density at radius 2 is 1.61 bits per heavy atom. The number of hydrogen-bond donors (Lipinski definition) is 0. The van der Waals surface area contributed by atoms with Gasteiger partial charge in [-0.1, -0.05) is 47.0 Å². The highest BCUT2D eigenvalue weighted by atomic mass is 35.5. The molecule has 0 unspecified atom stereocenters. The van der Waals surface area contributed by atoms with Crippen molar-refractivity contribution in [2.45, 2.75) is 34.1 Å². The van der Waals surface area contributed by atoms with Crippen LogP contribution < -0.4 is 0 Å². The van der Waals surface area contributed by atoms with Crippen molar-refractivity contribution in [1.29, 1.82) is 0 Å². The Hall–Kier alpha value is -1.80. The van der Waals surface area contributed by atoms with Gasteiger partial charge < -0.3 is 4.90 Å². The highest BCUT2D eigenvalue weighted by Crippen LogP contribution is 2.32. The van der Waals surface area contributed by atoms with E-state index in [4.69, 9.17) is 11.6 Å². The average Bonchev–Trinajstić information content (AvgIpc) is 2.47. The standard InChI is InChI=1S/C20H25ClN2/c1-6-23(5)13-22-19-11-16(4)10-18(20(19)21)12-17-8-14(2)7-15(3)9-17/h7-11,13H,6,12H2,1-5H3. The minimum absolute atomic E-state index is 0.746. The molecule has 0 aliphatic carbocycles. The van der Waals surface area contributed by atoms with Gasteiger partial charge in [-0.25, -0.2) is 4.99 Å². The molecule has 0 atom stereocenters. The van der Waals surface area contributed by atoms with Gasteiger partial charge in [0.15, 0.2) is 0 Å². The number of nitrogens with zero attached hydrogens (tertiary/aromatic N) is 2. The first-order chi connectivity index (χ1) is 10.9. The molecule has 0 aliphatic rings. The summed E-state index contributed by atoms with van der Waals surface area (Å²) in [5.74, 6) is 0. The molecule has 0 aromatic heterocycles. The Labute approximate surface area is 144 Å². The lowest BCUT2D eigenvalue weighted by Crippen LogP contribution is -2.14. The van der Waals surface area contributed by atoms with E-state index in [2.05, 4.69) is 57.0 Å². The Morgan fingerprint density at radius 1 is 1.00 bits per heavy atom. The Kier molecular flexibility index (Phi) is 5.84. The first-order valence-corrected chi connectivity index (χ1v) is 8.37. The molecule has 122 valence electrons. The lowest BCUT2D eigenvalue weighted by molar-refractivity contribution is 0.552. The normalized spacial score (nSPS) is 11.2. The molecule has 3 heteroatoms. The monoisotopic (exact) mass is 328 g/mol. The summed E-state index contributed by atoms with van der Waals surface area (Å²) in [5, 5.41) is 0.746. The maximum absolute atomic E-state index is 6.60. The lowest BCUT2D eigenvalue weighted by atomic mass is 9.99. The summed E-state index contributed by atoms with van der Waals surface area (Å²) in [6.07, 6.45) is 2.66. The first-order valence-electron chi connectivity index (χ1n) is 7.99. The second kappa shape index (κ2) is 7.65. The molecule has 0 saturated carbocycles. The van der Waals surface area contributed by atoms with E-state index in [0.717, 1.165) is 29.2 Å². The molecule has 0 N–H and O–H groups in total. The second-order valence-electron chi connectivity index (χ2n) is 6.25. The highest BCUT2D eigenvalue weighted by Gasteiger charge is 2.09. The number of aryl methyl sites for hydroxylation is 3. The smallest absolute Gasteiger partial charge is 0.0910 e. The number of halogens is 1. The van der Waals surface area contributed by atoms with Gasteiger partial charge in [-0.2, -0.15) is 0 Å². The van der Waals surface area contributed by atoms with Crippen molar-refractivity contribution >= 4 is 23.6 Å². The van der Waals surface area contributed by atoms with Gasteiger partial charge in [0.25, 0.3) is 0 Å². The van der Waals surface area contributed by atoms with E-state index in [1.807, 2.05) is 24.4 Å². The molecule has 0 aliphatic heterocycles. The van der Waals surface area contributed by atoms with Crippen LogP contribution in [0.1, 0.15) is 34.7 Å². The quantitative estimate of drug-likeness (QED) is 0.525. The van der Waals surface area contributed by atoms with Crippen LogP contribution in [-0.2, 0) is 6.42 Å². The lowest BCUT2D eigenvalue weighted by Gasteiger charge is -2.12. The summed E-state index contributed by atoms with van der Waals surface area (Å²) in [7, 11) is 2.00. The third-order valence-corrected chi connectivity index (χ3v) is 4.28. The molecule has 0 heterocycles. The van der Waals surface area contributed by atoms with Crippen LogP contribution >= 0.6 is 11.6 Å². The van der Waals surface area contributed by atoms with Crippen LogP contribution in [0.5, 0.6) is 0 Å². The van der Waals surface area contributed by atoms with Gasteiger partial charge >= 0.3 is 0 Å². The molecule has 2 aromatic carbocycles. The van der Waals surface area contributed by atoms with E-state index in [9.17, 15) is 0 Å². The van der Waals surface area contributed by atoms with E-state index in [-0.39, 0.29) is 0 Å². The number of aliphatic imine (C=N–C) groups is 1. The first kappa shape index (κ1) is 17.6. The van der Waals surface area contributed by atoms with Crippen LogP contribution in [-0.4, -0.2) is 24.8 Å². The van der Waals surface area contributed by atoms with E-state index in [0.29, 0.717) is 0 Å². The van der Waals surface area contributed by atoms with Crippen LogP contribution in [0.3, 0.4) is 0 Å². The summed E-state index contributed by atoms with van der Waals surface area (Å²) >= 11 is 6.60. The van der Waals surface area contributed by atoms with Gasteiger partial charge in [0.1, 0.15) is 0 Å². The molecule has 0 bridgehead atoms. The predicted molar refractivity (Wildman–Crippen MR) is 101 cm³/mol. The van der Waals surface area contributed by atoms with Crippen LogP contribution in [0.15, 0.2) is 35.3 Å². The molecule has 23 heavy (non-hydrogen) atoms. The summed E-state index contributed by atoms with van der Waals surface area (Å²) in [4.78, 5) is 6.57. The third kappa shape index (κ3) is 4.84. The molecule has 0 saturated heterocycles. The molecule has 0 spiro atoms. The van der Waals surface area contributed by atoms with Crippen molar-refractivity contribution in [3.63, 3.8) is 0 Å². The zero-order valence-electron chi connectivity index (χ0n) is 14.7. The number of benzene rings is 2. The largest absolute Gasteiger partial charge is 0.366 e. The van der Waals surface area contributed by atoms with Gasteiger partial charge in [-0.15, -0.1) is 0 Å². The minimum Gasteiger partial charge on any atom is -0.366 e. The Morgan fingerprint density at radius 3 is 2.22 bits per heavy atom. The summed E-state index contributed by atoms with van der Waals surface area (Å²) in [6.45, 7) is 9.36. The van der Waals surface area contributed by atoms with Crippen molar-refractivity contribution in [2.24, 2.45) is 4.99 Å². The fraction of sp³-hybridized carbons (Fsp3) is 0.350. The van der Waals surface area contributed by atoms with Crippen LogP contribution in [0.25, 0.3) is 0 Å². The zero-order valence-corrected chi connectivity index (χ0v) is 15.4. The van der Waals surface area contributed by atoms with E-state index in [1.165, 1.54) is 22.3 Å². The van der Waals surface area contributed by atoms with Crippen molar-refractivity contribution in [3.8, 4) is 0 Å². The molecule has 2 nitrogen and oxygen atoms in total. The second-order valence-corrected chi connectivity index (χ2v) is 6.63. The maximum atomic E-state index is 6.60. The van der Waals surface area contributed by atoms with Crippen molar-refractivity contribution < 1.29 is 0 Å². The van der Waals surface area contributed by atoms with Crippen molar-refractivity contribution in [1.82, 2.24) is 4.90 Å². The third-order valence-electron chi connectivity index (χ3n) is 3.84. The zero-order chi connectivity index (χ0) is 17.0. The minimum atomic E-state index is 0.746.